The second-order valence-corrected chi connectivity index (χ2v) is 5.94. The van der Waals surface area contributed by atoms with Crippen LogP contribution in [0.5, 0.6) is 0 Å². The van der Waals surface area contributed by atoms with Crippen LogP contribution in [0, 0.1) is 0 Å². The smallest absolute Gasteiger partial charge is 0.264 e. The van der Waals surface area contributed by atoms with Gasteiger partial charge in [0.2, 0.25) is 4.83 Å². The Morgan fingerprint density at radius 1 is 1.30 bits per heavy atom. The van der Waals surface area contributed by atoms with E-state index >= 15 is 0 Å². The first-order chi connectivity index (χ1) is 11.1. The maximum atomic E-state index is 8.01. The number of pyridine rings is 2. The van der Waals surface area contributed by atoms with E-state index in [1.165, 1.54) is 15.9 Å². The zero-order valence-electron chi connectivity index (χ0n) is 13.4. The van der Waals surface area contributed by atoms with Crippen LogP contribution in [0.15, 0.2) is 36.9 Å². The molecule has 4 aromatic heterocycles. The van der Waals surface area contributed by atoms with E-state index in [1.54, 1.807) is 12.4 Å². The van der Waals surface area contributed by atoms with Crippen molar-refractivity contribution >= 4 is 31.8 Å². The maximum Gasteiger partial charge on any atom is 0.291 e. The van der Waals surface area contributed by atoms with Crippen LogP contribution in [0.25, 0.3) is 31.8 Å². The lowest BCUT2D eigenvalue weighted by atomic mass is 10.2. The molecule has 0 spiro atoms. The quantitative estimate of drug-likeness (QED) is 0.409. The highest BCUT2D eigenvalue weighted by molar-refractivity contribution is 7.25. The van der Waals surface area contributed by atoms with E-state index in [9.17, 15) is 0 Å². The van der Waals surface area contributed by atoms with Gasteiger partial charge in [-0.05, 0) is 12.1 Å². The van der Waals surface area contributed by atoms with E-state index < -0.39 is 6.98 Å². The molecule has 5 heteroatoms. The highest BCUT2D eigenvalue weighted by Crippen LogP contribution is 2.39. The number of aromatic nitrogens is 4. The van der Waals surface area contributed by atoms with Crippen molar-refractivity contribution in [2.75, 3.05) is 0 Å². The number of nitrogens with zero attached hydrogens (tertiary/aromatic N) is 4. The third kappa shape index (κ3) is 1.10. The number of hydrogen-bond donors (Lipinski definition) is 0. The van der Waals surface area contributed by atoms with E-state index in [2.05, 4.69) is 14.5 Å². The molecule has 0 atom stereocenters. The Hall–Kier alpha value is -2.27. The lowest BCUT2D eigenvalue weighted by Crippen LogP contribution is -2.28. The Labute approximate surface area is 123 Å². The number of hydrogen-bond acceptors (Lipinski definition) is 3. The summed E-state index contributed by atoms with van der Waals surface area (Å²) < 4.78 is 28.7. The first-order valence-corrected chi connectivity index (χ1v) is 7.12. The zero-order valence-corrected chi connectivity index (χ0v) is 11.2. The zero-order chi connectivity index (χ0) is 15.8. The summed E-state index contributed by atoms with van der Waals surface area (Å²) >= 11 is 1.50. The predicted octanol–water partition coefficient (Wildman–Crippen LogP) is 2.50. The largest absolute Gasteiger partial charge is 0.291 e. The fraction of sp³-hybridized carbons (Fsp3) is 0.133. The molecular weight excluding hydrogens is 268 g/mol. The first kappa shape index (κ1) is 8.11. The summed E-state index contributed by atoms with van der Waals surface area (Å²) in [5, 5.41) is 0.998. The van der Waals surface area contributed by atoms with Gasteiger partial charge in [-0.15, -0.1) is 0 Å². The van der Waals surface area contributed by atoms with Crippen LogP contribution in [-0.2, 0) is 13.5 Å². The molecule has 0 aromatic carbocycles. The molecule has 0 saturated carbocycles. The average molecular weight is 282 g/mol. The number of rotatable bonds is 0. The average Bonchev–Trinajstić information content (AvgIpc) is 3.12. The molecule has 0 bridgehead atoms. The lowest BCUT2D eigenvalue weighted by Gasteiger charge is -1.93. The minimum atomic E-state index is -2.24. The summed E-state index contributed by atoms with van der Waals surface area (Å²) in [6, 6.07) is 3.82. The van der Waals surface area contributed by atoms with E-state index in [0.717, 1.165) is 37.4 Å². The molecule has 1 aliphatic heterocycles. The van der Waals surface area contributed by atoms with Crippen LogP contribution in [0.1, 0.15) is 9.68 Å². The first-order valence-electron chi connectivity index (χ1n) is 7.80. The number of thiophene rings is 1. The summed E-state index contributed by atoms with van der Waals surface area (Å²) in [5.74, 6) is 0.731. The van der Waals surface area contributed by atoms with E-state index in [0.29, 0.717) is 6.54 Å². The van der Waals surface area contributed by atoms with Crippen LogP contribution in [0.3, 0.4) is 0 Å². The Kier molecular flexibility index (Phi) is 1.39. The lowest BCUT2D eigenvalue weighted by molar-refractivity contribution is -0.631. The van der Waals surface area contributed by atoms with Crippen LogP contribution in [-0.4, -0.2) is 14.5 Å². The van der Waals surface area contributed by atoms with Gasteiger partial charge in [0.1, 0.15) is 6.54 Å². The highest BCUT2D eigenvalue weighted by atomic mass is 32.1. The Morgan fingerprint density at radius 3 is 3.15 bits per heavy atom. The van der Waals surface area contributed by atoms with Gasteiger partial charge in [-0.3, -0.25) is 9.97 Å². The minimum Gasteiger partial charge on any atom is -0.264 e. The summed E-state index contributed by atoms with van der Waals surface area (Å²) in [6.07, 6.45) is 7.07. The van der Waals surface area contributed by atoms with Crippen LogP contribution in [0.4, 0.5) is 0 Å². The van der Waals surface area contributed by atoms with Crippen molar-refractivity contribution in [2.45, 2.75) is 6.54 Å². The summed E-state index contributed by atoms with van der Waals surface area (Å²) in [4.78, 5) is 9.15. The van der Waals surface area contributed by atoms with Gasteiger partial charge in [0.05, 0.1) is 22.0 Å². The molecule has 5 rings (SSSR count). The normalized spacial score (nSPS) is 15.9. The summed E-state index contributed by atoms with van der Waals surface area (Å²) in [7, 11) is 0. The third-order valence-corrected chi connectivity index (χ3v) is 5.00. The summed E-state index contributed by atoms with van der Waals surface area (Å²) in [5.41, 5.74) is 2.93. The molecule has 0 aliphatic carbocycles. The van der Waals surface area contributed by atoms with Gasteiger partial charge in [0, 0.05) is 35.1 Å². The molecule has 4 nitrogen and oxygen atoms in total. The number of imidazole rings is 1. The Bertz CT molecular complexity index is 1090. The second-order valence-electron chi connectivity index (χ2n) is 4.91. The van der Waals surface area contributed by atoms with Crippen molar-refractivity contribution in [3.05, 3.63) is 42.5 Å². The van der Waals surface area contributed by atoms with Gasteiger partial charge >= 0.3 is 0 Å². The maximum absolute atomic E-state index is 8.01. The van der Waals surface area contributed by atoms with Crippen LogP contribution in [0.2, 0.25) is 0 Å². The molecule has 0 amide bonds. The molecular formula is C15H11N4S+. The molecule has 96 valence electrons. The van der Waals surface area contributed by atoms with Gasteiger partial charge in [0.25, 0.3) is 5.82 Å². The van der Waals surface area contributed by atoms with Crippen molar-refractivity contribution in [1.82, 2.24) is 14.5 Å². The van der Waals surface area contributed by atoms with Crippen molar-refractivity contribution in [3.8, 4) is 11.4 Å². The number of fused-ring (bicyclic) bond motifs is 7. The van der Waals surface area contributed by atoms with Gasteiger partial charge < -0.3 is 0 Å². The molecule has 4 aromatic rings. The summed E-state index contributed by atoms with van der Waals surface area (Å²) in [6.45, 7) is -1.60. The fourth-order valence-electron chi connectivity index (χ4n) is 3.01. The van der Waals surface area contributed by atoms with Crippen molar-refractivity contribution in [2.24, 2.45) is 6.98 Å². The monoisotopic (exact) mass is 282 g/mol. The van der Waals surface area contributed by atoms with E-state index in [1.807, 2.05) is 24.5 Å². The van der Waals surface area contributed by atoms with E-state index in [-0.39, 0.29) is 0 Å². The van der Waals surface area contributed by atoms with Crippen LogP contribution >= 0.6 is 11.3 Å². The second kappa shape index (κ2) is 3.43. The molecule has 20 heavy (non-hydrogen) atoms. The molecule has 0 radical (unpaired) electrons. The van der Waals surface area contributed by atoms with E-state index in [4.69, 9.17) is 4.11 Å². The molecule has 0 saturated heterocycles. The predicted molar refractivity (Wildman–Crippen MR) is 78.6 cm³/mol. The third-order valence-electron chi connectivity index (χ3n) is 3.86. The minimum absolute atomic E-state index is 0.638. The van der Waals surface area contributed by atoms with Crippen molar-refractivity contribution in [3.63, 3.8) is 0 Å². The Balaban J connectivity index is 2.01. The van der Waals surface area contributed by atoms with Crippen molar-refractivity contribution in [1.29, 1.82) is 0 Å². The van der Waals surface area contributed by atoms with Gasteiger partial charge in [-0.1, -0.05) is 11.3 Å². The van der Waals surface area contributed by atoms with Gasteiger partial charge in [-0.2, -0.15) is 0 Å². The van der Waals surface area contributed by atoms with Crippen LogP contribution < -0.4 is 4.57 Å². The highest BCUT2D eigenvalue weighted by Gasteiger charge is 2.34. The molecule has 0 N–H and O–H groups in total. The number of aryl methyl sites for hydroxylation is 1. The fourth-order valence-corrected chi connectivity index (χ4v) is 4.10. The topological polar surface area (TPSA) is 34.6 Å². The molecule has 5 heterocycles. The Morgan fingerprint density at radius 2 is 2.20 bits per heavy atom. The molecule has 1 aliphatic rings. The standard InChI is InChI=1S/C15H11N4S/c1-18-14-10-2-4-16-6-9(10)8-19(14)13-11-7-17-5-3-12(11)20-15(13)18/h2-7H,8H2,1H3/q+1/i1D3. The molecule has 0 unspecified atom stereocenters. The van der Waals surface area contributed by atoms with Gasteiger partial charge in [0.15, 0.2) is 5.52 Å². The SMILES string of the molecule is [2H]C([2H])([2H])[n+]1c2n(c3c4cnccc4sc31)Cc1cnccc1-2. The molecule has 0 fully saturated rings. The van der Waals surface area contributed by atoms with Gasteiger partial charge in [-0.25, -0.2) is 9.13 Å². The van der Waals surface area contributed by atoms with Crippen molar-refractivity contribution < 1.29 is 8.68 Å².